The summed E-state index contributed by atoms with van der Waals surface area (Å²) in [6.07, 6.45) is 0.559. The molecule has 6 heteroatoms. The maximum Gasteiger partial charge on any atom is 0.399 e. The zero-order chi connectivity index (χ0) is 14.3. The van der Waals surface area contributed by atoms with Gasteiger partial charge in [-0.1, -0.05) is 6.08 Å². The van der Waals surface area contributed by atoms with Gasteiger partial charge in [0.25, 0.3) is 0 Å². The summed E-state index contributed by atoms with van der Waals surface area (Å²) in [5.74, 6) is -0.512. The third kappa shape index (κ3) is 2.39. The summed E-state index contributed by atoms with van der Waals surface area (Å²) >= 11 is 0. The highest BCUT2D eigenvalue weighted by molar-refractivity contribution is 5.31. The lowest BCUT2D eigenvalue weighted by molar-refractivity contribution is -0.231. The van der Waals surface area contributed by atoms with Crippen molar-refractivity contribution in [1.29, 1.82) is 0 Å². The van der Waals surface area contributed by atoms with Gasteiger partial charge in [0.05, 0.1) is 0 Å². The summed E-state index contributed by atoms with van der Waals surface area (Å²) in [5.41, 5.74) is 9.55. The van der Waals surface area contributed by atoms with E-state index in [2.05, 4.69) is 0 Å². The molecule has 0 bridgehead atoms. The first-order chi connectivity index (χ1) is 8.77. The number of nitrogens with two attached hydrogens (primary N) is 2. The average molecular weight is 275 g/mol. The first-order valence-electron chi connectivity index (χ1n) is 6.45. The van der Waals surface area contributed by atoms with Crippen molar-refractivity contribution in [3.63, 3.8) is 0 Å². The molecule has 1 aliphatic carbocycles. The quantitative estimate of drug-likeness (QED) is 0.764. The molecule has 19 heavy (non-hydrogen) atoms. The second-order valence-electron chi connectivity index (χ2n) is 5.54. The number of halogens is 3. The second-order valence-corrected chi connectivity index (χ2v) is 5.54. The van der Waals surface area contributed by atoms with Crippen LogP contribution in [-0.2, 0) is 0 Å². The minimum atomic E-state index is -4.39. The van der Waals surface area contributed by atoms with Crippen molar-refractivity contribution < 1.29 is 13.2 Å². The lowest BCUT2D eigenvalue weighted by Gasteiger charge is -2.47. The molecule has 2 atom stereocenters. The molecule has 0 aromatic carbocycles. The summed E-state index contributed by atoms with van der Waals surface area (Å²) in [6.45, 7) is 1.32. The number of rotatable bonds is 1. The monoisotopic (exact) mass is 275 g/mol. The molecule has 2 unspecified atom stereocenters. The molecule has 2 aliphatic rings. The fourth-order valence-corrected chi connectivity index (χ4v) is 3.17. The van der Waals surface area contributed by atoms with Crippen LogP contribution in [0.15, 0.2) is 23.9 Å². The van der Waals surface area contributed by atoms with Gasteiger partial charge in [0, 0.05) is 11.7 Å². The van der Waals surface area contributed by atoms with E-state index in [1.807, 2.05) is 11.9 Å². The van der Waals surface area contributed by atoms with E-state index < -0.39 is 23.6 Å². The standard InChI is InChI=1S/C13H20F3N3/c1-19-6-4-9(5-7-19)12(13(14,15)16)8-10(17)2-3-11(12)18/h2-3,8-9,11H,4-7,17-18H2,1H3. The Morgan fingerprint density at radius 3 is 2.42 bits per heavy atom. The van der Waals surface area contributed by atoms with Gasteiger partial charge in [-0.2, -0.15) is 13.2 Å². The van der Waals surface area contributed by atoms with E-state index in [0.717, 1.165) is 6.08 Å². The topological polar surface area (TPSA) is 55.3 Å². The van der Waals surface area contributed by atoms with Crippen molar-refractivity contribution >= 4 is 0 Å². The van der Waals surface area contributed by atoms with E-state index in [0.29, 0.717) is 25.9 Å². The van der Waals surface area contributed by atoms with Crippen molar-refractivity contribution in [3.05, 3.63) is 23.9 Å². The van der Waals surface area contributed by atoms with Crippen LogP contribution >= 0.6 is 0 Å². The van der Waals surface area contributed by atoms with E-state index in [1.165, 1.54) is 12.2 Å². The van der Waals surface area contributed by atoms with Crippen molar-refractivity contribution in [2.45, 2.75) is 25.1 Å². The third-order valence-electron chi connectivity index (χ3n) is 4.34. The summed E-state index contributed by atoms with van der Waals surface area (Å²) in [7, 11) is 1.92. The van der Waals surface area contributed by atoms with Crippen molar-refractivity contribution in [2.75, 3.05) is 20.1 Å². The van der Waals surface area contributed by atoms with Gasteiger partial charge in [0.1, 0.15) is 5.41 Å². The van der Waals surface area contributed by atoms with Crippen LogP contribution in [0.4, 0.5) is 13.2 Å². The first kappa shape index (κ1) is 14.4. The van der Waals surface area contributed by atoms with Gasteiger partial charge in [0.2, 0.25) is 0 Å². The Balaban J connectivity index is 2.39. The number of hydrogen-bond acceptors (Lipinski definition) is 3. The number of hydrogen-bond donors (Lipinski definition) is 2. The van der Waals surface area contributed by atoms with Crippen LogP contribution in [0.3, 0.4) is 0 Å². The van der Waals surface area contributed by atoms with Gasteiger partial charge in [-0.3, -0.25) is 0 Å². The molecule has 0 saturated carbocycles. The average Bonchev–Trinajstić information content (AvgIpc) is 2.32. The third-order valence-corrected chi connectivity index (χ3v) is 4.34. The molecule has 0 aromatic rings. The van der Waals surface area contributed by atoms with E-state index in [4.69, 9.17) is 11.5 Å². The lowest BCUT2D eigenvalue weighted by Crippen LogP contribution is -2.57. The Morgan fingerprint density at radius 1 is 1.32 bits per heavy atom. The minimum absolute atomic E-state index is 0.151. The van der Waals surface area contributed by atoms with E-state index in [-0.39, 0.29) is 5.70 Å². The Labute approximate surface area is 111 Å². The molecule has 2 rings (SSSR count). The van der Waals surface area contributed by atoms with E-state index in [9.17, 15) is 13.2 Å². The van der Waals surface area contributed by atoms with E-state index in [1.54, 1.807) is 0 Å². The molecule has 1 heterocycles. The lowest BCUT2D eigenvalue weighted by atomic mass is 9.64. The smallest absolute Gasteiger partial charge is 0.399 e. The number of alkyl halides is 3. The molecule has 4 N–H and O–H groups in total. The fourth-order valence-electron chi connectivity index (χ4n) is 3.17. The van der Waals surface area contributed by atoms with Crippen LogP contribution in [-0.4, -0.2) is 37.3 Å². The van der Waals surface area contributed by atoms with Crippen LogP contribution in [0.2, 0.25) is 0 Å². The molecule has 1 fully saturated rings. The SMILES string of the molecule is CN1CCC(C2(C(F)(F)F)C=C(N)C=CC2N)CC1. The van der Waals surface area contributed by atoms with Crippen LogP contribution < -0.4 is 11.5 Å². The van der Waals surface area contributed by atoms with Crippen molar-refractivity contribution in [3.8, 4) is 0 Å². The highest BCUT2D eigenvalue weighted by Crippen LogP contribution is 2.52. The van der Waals surface area contributed by atoms with Crippen molar-refractivity contribution in [2.24, 2.45) is 22.8 Å². The molecule has 1 saturated heterocycles. The predicted octanol–water partition coefficient (Wildman–Crippen LogP) is 1.62. The molecule has 3 nitrogen and oxygen atoms in total. The van der Waals surface area contributed by atoms with Gasteiger partial charge in [-0.15, -0.1) is 0 Å². The van der Waals surface area contributed by atoms with Gasteiger partial charge in [-0.05, 0) is 51.0 Å². The molecule has 1 aliphatic heterocycles. The van der Waals surface area contributed by atoms with Gasteiger partial charge >= 0.3 is 6.18 Å². The molecule has 0 radical (unpaired) electrons. The summed E-state index contributed by atoms with van der Waals surface area (Å²) < 4.78 is 41.0. The number of nitrogens with zero attached hydrogens (tertiary/aromatic N) is 1. The Morgan fingerprint density at radius 2 is 1.89 bits per heavy atom. The summed E-state index contributed by atoms with van der Waals surface area (Å²) in [4.78, 5) is 2.04. The van der Waals surface area contributed by atoms with Crippen LogP contribution in [0.5, 0.6) is 0 Å². The molecule has 0 spiro atoms. The van der Waals surface area contributed by atoms with Crippen LogP contribution in [0, 0.1) is 11.3 Å². The van der Waals surface area contributed by atoms with Gasteiger partial charge < -0.3 is 16.4 Å². The zero-order valence-corrected chi connectivity index (χ0v) is 11.0. The normalized spacial score (nSPS) is 34.4. The number of allylic oxidation sites excluding steroid dienone is 1. The molecule has 0 amide bonds. The molecule has 0 aromatic heterocycles. The Bertz CT molecular complexity index is 394. The maximum absolute atomic E-state index is 13.7. The second kappa shape index (κ2) is 4.83. The van der Waals surface area contributed by atoms with Crippen molar-refractivity contribution in [1.82, 2.24) is 4.90 Å². The summed E-state index contributed by atoms with van der Waals surface area (Å²) in [6, 6.07) is -1.06. The fraction of sp³-hybridized carbons (Fsp3) is 0.692. The van der Waals surface area contributed by atoms with Gasteiger partial charge in [0.15, 0.2) is 0 Å². The minimum Gasteiger partial charge on any atom is -0.399 e. The highest BCUT2D eigenvalue weighted by atomic mass is 19.4. The Hall–Kier alpha value is -1.01. The van der Waals surface area contributed by atoms with E-state index >= 15 is 0 Å². The highest BCUT2D eigenvalue weighted by Gasteiger charge is 2.61. The first-order valence-corrected chi connectivity index (χ1v) is 6.45. The number of piperidine rings is 1. The van der Waals surface area contributed by atoms with Crippen LogP contribution in [0.25, 0.3) is 0 Å². The predicted molar refractivity (Wildman–Crippen MR) is 68.1 cm³/mol. The maximum atomic E-state index is 13.7. The molecule has 108 valence electrons. The Kier molecular flexibility index (Phi) is 3.66. The van der Waals surface area contributed by atoms with Gasteiger partial charge in [-0.25, -0.2) is 0 Å². The molecular formula is C13H20F3N3. The van der Waals surface area contributed by atoms with Crippen LogP contribution in [0.1, 0.15) is 12.8 Å². The largest absolute Gasteiger partial charge is 0.399 e. The summed E-state index contributed by atoms with van der Waals surface area (Å²) in [5, 5.41) is 0. The zero-order valence-electron chi connectivity index (χ0n) is 11.0. The molecular weight excluding hydrogens is 255 g/mol. The number of likely N-dealkylation sites (tertiary alicyclic amines) is 1.